The number of carbonyl (C=O) groups excluding carboxylic acids is 1. The number of amides is 1. The van der Waals surface area contributed by atoms with Crippen molar-refractivity contribution in [2.45, 2.75) is 32.7 Å². The summed E-state index contributed by atoms with van der Waals surface area (Å²) >= 11 is 0. The van der Waals surface area contributed by atoms with Gasteiger partial charge in [-0.05, 0) is 44.7 Å². The molecule has 0 aliphatic carbocycles. The van der Waals surface area contributed by atoms with Crippen molar-refractivity contribution < 1.29 is 14.7 Å². The summed E-state index contributed by atoms with van der Waals surface area (Å²) in [4.78, 5) is 27.8. The van der Waals surface area contributed by atoms with Crippen LogP contribution < -0.4 is 0 Å². The molecule has 2 saturated heterocycles. The molecule has 1 aromatic rings. The van der Waals surface area contributed by atoms with E-state index in [0.29, 0.717) is 18.5 Å². The molecule has 2 fully saturated rings. The molecule has 2 aliphatic rings. The fourth-order valence-corrected chi connectivity index (χ4v) is 3.90. The van der Waals surface area contributed by atoms with Gasteiger partial charge in [0.1, 0.15) is 0 Å². The zero-order valence-corrected chi connectivity index (χ0v) is 16.6. The van der Waals surface area contributed by atoms with Gasteiger partial charge in [-0.25, -0.2) is 0 Å². The van der Waals surface area contributed by atoms with E-state index in [1.807, 2.05) is 11.0 Å². The summed E-state index contributed by atoms with van der Waals surface area (Å²) in [6.07, 6.45) is 2.24. The summed E-state index contributed by atoms with van der Waals surface area (Å²) in [7, 11) is 0. The minimum absolute atomic E-state index is 0.250. The Bertz CT molecular complexity index is 579. The lowest BCUT2D eigenvalue weighted by Crippen LogP contribution is -2.52. The van der Waals surface area contributed by atoms with Gasteiger partial charge in [0.2, 0.25) is 5.91 Å². The van der Waals surface area contributed by atoms with Crippen LogP contribution in [0.15, 0.2) is 30.3 Å². The van der Waals surface area contributed by atoms with Gasteiger partial charge in [-0.2, -0.15) is 0 Å². The number of rotatable bonds is 6. The maximum absolute atomic E-state index is 12.4. The lowest BCUT2D eigenvalue weighted by Gasteiger charge is -2.35. The molecule has 1 unspecified atom stereocenters. The minimum atomic E-state index is -0.250. The molecule has 3 rings (SSSR count). The third-order valence-corrected chi connectivity index (χ3v) is 5.47. The number of likely N-dealkylation sites (tertiary alicyclic amines) is 1. The van der Waals surface area contributed by atoms with Gasteiger partial charge in [0, 0.05) is 38.8 Å². The van der Waals surface area contributed by atoms with Crippen molar-refractivity contribution >= 4 is 12.4 Å². The average Bonchev–Trinajstić information content (AvgIpc) is 3.11. The highest BCUT2D eigenvalue weighted by Gasteiger charge is 2.29. The SMILES string of the molecule is CC(C)N1CCC(CN2CCN(CCc3ccccc3)C(=O)C2)C1.O=CO. The van der Waals surface area contributed by atoms with E-state index >= 15 is 0 Å². The van der Waals surface area contributed by atoms with Crippen molar-refractivity contribution in [3.05, 3.63) is 35.9 Å². The fourth-order valence-electron chi connectivity index (χ4n) is 3.90. The summed E-state index contributed by atoms with van der Waals surface area (Å²) < 4.78 is 0. The van der Waals surface area contributed by atoms with Gasteiger partial charge in [0.05, 0.1) is 6.54 Å². The van der Waals surface area contributed by atoms with Crippen LogP contribution in [-0.2, 0) is 16.0 Å². The van der Waals surface area contributed by atoms with Gasteiger partial charge in [-0.3, -0.25) is 14.5 Å². The lowest BCUT2D eigenvalue weighted by molar-refractivity contribution is -0.136. The average molecular weight is 376 g/mol. The van der Waals surface area contributed by atoms with E-state index in [0.717, 1.165) is 38.5 Å². The molecule has 2 aliphatic heterocycles. The second kappa shape index (κ2) is 11.0. The largest absolute Gasteiger partial charge is 0.483 e. The van der Waals surface area contributed by atoms with Crippen LogP contribution in [0.25, 0.3) is 0 Å². The predicted octanol–water partition coefficient (Wildman–Crippen LogP) is 1.80. The minimum Gasteiger partial charge on any atom is -0.483 e. The van der Waals surface area contributed by atoms with Crippen molar-refractivity contribution in [2.75, 3.05) is 45.8 Å². The molecule has 0 radical (unpaired) electrons. The first-order valence-corrected chi connectivity index (χ1v) is 9.89. The number of carbonyl (C=O) groups is 2. The molecule has 1 atom stereocenters. The zero-order valence-electron chi connectivity index (χ0n) is 16.6. The molecule has 27 heavy (non-hydrogen) atoms. The van der Waals surface area contributed by atoms with Gasteiger partial charge >= 0.3 is 0 Å². The molecule has 1 aromatic carbocycles. The van der Waals surface area contributed by atoms with Crippen LogP contribution in [0.1, 0.15) is 25.8 Å². The first-order valence-electron chi connectivity index (χ1n) is 9.89. The summed E-state index contributed by atoms with van der Waals surface area (Å²) in [5, 5.41) is 6.89. The highest BCUT2D eigenvalue weighted by Crippen LogP contribution is 2.20. The van der Waals surface area contributed by atoms with E-state index in [9.17, 15) is 4.79 Å². The summed E-state index contributed by atoms with van der Waals surface area (Å²) in [5.74, 6) is 1.03. The van der Waals surface area contributed by atoms with Gasteiger partial charge in [-0.15, -0.1) is 0 Å². The molecule has 1 amide bonds. The van der Waals surface area contributed by atoms with E-state index in [1.165, 1.54) is 25.1 Å². The number of piperazine rings is 1. The van der Waals surface area contributed by atoms with E-state index in [1.54, 1.807) is 0 Å². The molecular formula is C21H33N3O3. The number of carboxylic acid groups (broad SMARTS) is 1. The quantitative estimate of drug-likeness (QED) is 0.768. The molecule has 2 heterocycles. The van der Waals surface area contributed by atoms with Crippen LogP contribution in [0.5, 0.6) is 0 Å². The second-order valence-electron chi connectivity index (χ2n) is 7.70. The Balaban J connectivity index is 0.000000817. The molecule has 0 bridgehead atoms. The molecule has 6 nitrogen and oxygen atoms in total. The van der Waals surface area contributed by atoms with Crippen LogP contribution in [0.3, 0.4) is 0 Å². The summed E-state index contributed by atoms with van der Waals surface area (Å²) in [6.45, 7) is 11.2. The molecule has 0 spiro atoms. The Morgan fingerprint density at radius 1 is 1.19 bits per heavy atom. The third-order valence-electron chi connectivity index (χ3n) is 5.47. The first-order chi connectivity index (χ1) is 13.0. The Kier molecular flexibility index (Phi) is 8.75. The van der Waals surface area contributed by atoms with Crippen molar-refractivity contribution in [3.63, 3.8) is 0 Å². The van der Waals surface area contributed by atoms with Gasteiger partial charge < -0.3 is 14.9 Å². The maximum Gasteiger partial charge on any atom is 0.290 e. The van der Waals surface area contributed by atoms with E-state index in [4.69, 9.17) is 9.90 Å². The molecule has 150 valence electrons. The number of hydrogen-bond donors (Lipinski definition) is 1. The van der Waals surface area contributed by atoms with Crippen molar-refractivity contribution in [2.24, 2.45) is 5.92 Å². The van der Waals surface area contributed by atoms with Crippen molar-refractivity contribution in [1.29, 1.82) is 0 Å². The van der Waals surface area contributed by atoms with Gasteiger partial charge in [0.25, 0.3) is 6.47 Å². The highest BCUT2D eigenvalue weighted by molar-refractivity contribution is 5.79. The molecule has 0 saturated carbocycles. The number of hydrogen-bond acceptors (Lipinski definition) is 4. The van der Waals surface area contributed by atoms with Gasteiger partial charge in [-0.1, -0.05) is 30.3 Å². The standard InChI is InChI=1S/C20H31N3O.CH2O2/c1-17(2)23-11-9-19(15-23)14-21-12-13-22(20(24)16-21)10-8-18-6-4-3-5-7-18;2-1-3/h3-7,17,19H,8-16H2,1-2H3;1H,(H,2,3). The summed E-state index contributed by atoms with van der Waals surface area (Å²) in [6, 6.07) is 11.1. The topological polar surface area (TPSA) is 64.1 Å². The number of benzene rings is 1. The lowest BCUT2D eigenvalue weighted by atomic mass is 10.1. The Morgan fingerprint density at radius 2 is 1.89 bits per heavy atom. The van der Waals surface area contributed by atoms with E-state index in [2.05, 4.69) is 47.9 Å². The fraction of sp³-hybridized carbons (Fsp3) is 0.619. The molecule has 1 N–H and O–H groups in total. The second-order valence-corrected chi connectivity index (χ2v) is 7.70. The van der Waals surface area contributed by atoms with Crippen molar-refractivity contribution in [3.8, 4) is 0 Å². The van der Waals surface area contributed by atoms with Crippen LogP contribution >= 0.6 is 0 Å². The van der Waals surface area contributed by atoms with Crippen LogP contribution in [-0.4, -0.2) is 84.0 Å². The Labute approximate surface area is 162 Å². The normalized spacial score (nSPS) is 21.2. The molecule has 0 aromatic heterocycles. The Hall–Kier alpha value is -1.92. The predicted molar refractivity (Wildman–Crippen MR) is 107 cm³/mol. The smallest absolute Gasteiger partial charge is 0.290 e. The van der Waals surface area contributed by atoms with Crippen molar-refractivity contribution in [1.82, 2.24) is 14.7 Å². The molecular weight excluding hydrogens is 342 g/mol. The Morgan fingerprint density at radius 3 is 2.48 bits per heavy atom. The summed E-state index contributed by atoms with van der Waals surface area (Å²) in [5.41, 5.74) is 1.31. The highest BCUT2D eigenvalue weighted by atomic mass is 16.3. The van der Waals surface area contributed by atoms with E-state index < -0.39 is 0 Å². The zero-order chi connectivity index (χ0) is 19.6. The van der Waals surface area contributed by atoms with E-state index in [-0.39, 0.29) is 6.47 Å². The maximum atomic E-state index is 12.4. The van der Waals surface area contributed by atoms with Crippen LogP contribution in [0, 0.1) is 5.92 Å². The monoisotopic (exact) mass is 375 g/mol. The first kappa shape index (κ1) is 21.4. The van der Waals surface area contributed by atoms with Gasteiger partial charge in [0.15, 0.2) is 0 Å². The van der Waals surface area contributed by atoms with Crippen LogP contribution in [0.4, 0.5) is 0 Å². The molecule has 6 heteroatoms. The third kappa shape index (κ3) is 6.96. The number of nitrogens with zero attached hydrogens (tertiary/aromatic N) is 3. The van der Waals surface area contributed by atoms with Crippen LogP contribution in [0.2, 0.25) is 0 Å².